The first-order valence-corrected chi connectivity index (χ1v) is 5.84. The van der Waals surface area contributed by atoms with Crippen LogP contribution in [0.2, 0.25) is 0 Å². The van der Waals surface area contributed by atoms with Gasteiger partial charge in [0.2, 0.25) is 6.29 Å². The van der Waals surface area contributed by atoms with E-state index in [-0.39, 0.29) is 5.97 Å². The maximum absolute atomic E-state index is 11.3. The van der Waals surface area contributed by atoms with Gasteiger partial charge in [-0.3, -0.25) is 0 Å². The predicted octanol–water partition coefficient (Wildman–Crippen LogP) is 2.89. The van der Waals surface area contributed by atoms with Gasteiger partial charge in [0.25, 0.3) is 0 Å². The average molecular weight is 250 g/mol. The van der Waals surface area contributed by atoms with Gasteiger partial charge in [-0.25, -0.2) is 4.79 Å². The molecule has 0 fully saturated rings. The Labute approximate surface area is 107 Å². The van der Waals surface area contributed by atoms with Crippen LogP contribution in [0, 0.1) is 0 Å². The van der Waals surface area contributed by atoms with E-state index in [9.17, 15) is 4.79 Å². The van der Waals surface area contributed by atoms with Crippen molar-refractivity contribution in [3.05, 3.63) is 42.2 Å². The van der Waals surface area contributed by atoms with Gasteiger partial charge in [0.05, 0.1) is 18.4 Å². The molecule has 1 atom stereocenters. The molecule has 0 spiro atoms. The average Bonchev–Trinajstić information content (AvgIpc) is 2.37. The van der Waals surface area contributed by atoms with Crippen molar-refractivity contribution in [1.29, 1.82) is 0 Å². The van der Waals surface area contributed by atoms with Crippen LogP contribution >= 0.6 is 0 Å². The Balaban J connectivity index is 2.43. The first-order valence-electron chi connectivity index (χ1n) is 5.84. The van der Waals surface area contributed by atoms with Crippen molar-refractivity contribution in [2.45, 2.75) is 27.1 Å². The van der Waals surface area contributed by atoms with E-state index < -0.39 is 6.29 Å². The van der Waals surface area contributed by atoms with Crippen molar-refractivity contribution >= 4 is 5.97 Å². The molecule has 0 aliphatic carbocycles. The van der Waals surface area contributed by atoms with Crippen LogP contribution in [0.25, 0.3) is 0 Å². The lowest BCUT2D eigenvalue weighted by atomic mass is 10.3. The van der Waals surface area contributed by atoms with Crippen LogP contribution in [0.3, 0.4) is 0 Å². The molecule has 4 heteroatoms. The molecule has 1 aromatic carbocycles. The summed E-state index contributed by atoms with van der Waals surface area (Å²) < 4.78 is 15.6. The number of carbonyl (C=O) groups excluding carboxylic acids is 1. The Kier molecular flexibility index (Phi) is 5.77. The van der Waals surface area contributed by atoms with Gasteiger partial charge < -0.3 is 14.2 Å². The zero-order valence-corrected chi connectivity index (χ0v) is 10.9. The van der Waals surface area contributed by atoms with Crippen LogP contribution in [0.5, 0.6) is 5.75 Å². The Hall–Kier alpha value is -1.97. The minimum absolute atomic E-state index is 0.347. The van der Waals surface area contributed by atoms with Crippen LogP contribution in [0.15, 0.2) is 42.2 Å². The molecule has 0 aliphatic rings. The second-order valence-corrected chi connectivity index (χ2v) is 3.66. The van der Waals surface area contributed by atoms with Crippen LogP contribution in [-0.2, 0) is 14.3 Å². The second-order valence-electron chi connectivity index (χ2n) is 3.66. The number of rotatable bonds is 6. The lowest BCUT2D eigenvalue weighted by molar-refractivity contribution is -0.138. The summed E-state index contributed by atoms with van der Waals surface area (Å²) in [7, 11) is 0. The summed E-state index contributed by atoms with van der Waals surface area (Å²) in [6.07, 6.45) is 0.878. The maximum atomic E-state index is 11.3. The summed E-state index contributed by atoms with van der Waals surface area (Å²) in [4.78, 5) is 11.3. The van der Waals surface area contributed by atoms with Crippen molar-refractivity contribution in [3.63, 3.8) is 0 Å². The number of carbonyl (C=O) groups is 1. The molecule has 18 heavy (non-hydrogen) atoms. The molecule has 0 N–H and O–H groups in total. The highest BCUT2D eigenvalue weighted by atomic mass is 16.7. The van der Waals surface area contributed by atoms with Crippen LogP contribution in [0.4, 0.5) is 0 Å². The Morgan fingerprint density at radius 3 is 2.61 bits per heavy atom. The van der Waals surface area contributed by atoms with Crippen molar-refractivity contribution in [3.8, 4) is 5.75 Å². The van der Waals surface area contributed by atoms with Crippen molar-refractivity contribution in [2.24, 2.45) is 0 Å². The second kappa shape index (κ2) is 7.37. The third kappa shape index (κ3) is 4.91. The Morgan fingerprint density at radius 2 is 2.00 bits per heavy atom. The fourth-order valence-corrected chi connectivity index (χ4v) is 1.21. The monoisotopic (exact) mass is 250 g/mol. The zero-order chi connectivity index (χ0) is 13.4. The van der Waals surface area contributed by atoms with E-state index in [0.29, 0.717) is 17.9 Å². The fraction of sp³-hybridized carbons (Fsp3) is 0.357. The molecule has 0 radical (unpaired) electrons. The molecular weight excluding hydrogens is 232 g/mol. The van der Waals surface area contributed by atoms with Crippen molar-refractivity contribution < 1.29 is 19.0 Å². The lowest BCUT2D eigenvalue weighted by Gasteiger charge is -2.14. The van der Waals surface area contributed by atoms with Gasteiger partial charge >= 0.3 is 5.97 Å². The normalized spacial score (nSPS) is 12.7. The lowest BCUT2D eigenvalue weighted by Crippen LogP contribution is -2.14. The SMILES string of the molecule is CCOC(=O)/C(C)=C/OC(C)Oc1ccccc1. The van der Waals surface area contributed by atoms with Gasteiger partial charge in [0.1, 0.15) is 5.75 Å². The standard InChI is InChI=1S/C14H18O4/c1-4-16-14(15)11(2)10-17-12(3)18-13-8-6-5-7-9-13/h5-10,12H,4H2,1-3H3/b11-10+. The summed E-state index contributed by atoms with van der Waals surface area (Å²) in [5.74, 6) is 0.330. The summed E-state index contributed by atoms with van der Waals surface area (Å²) in [5.41, 5.74) is 0.403. The number of hydrogen-bond acceptors (Lipinski definition) is 4. The first kappa shape index (κ1) is 14.1. The van der Waals surface area contributed by atoms with E-state index in [1.807, 2.05) is 30.3 Å². The number of hydrogen-bond donors (Lipinski definition) is 0. The molecule has 1 unspecified atom stereocenters. The van der Waals surface area contributed by atoms with Gasteiger partial charge in [-0.15, -0.1) is 0 Å². The highest BCUT2D eigenvalue weighted by Crippen LogP contribution is 2.11. The van der Waals surface area contributed by atoms with E-state index in [0.717, 1.165) is 0 Å². The smallest absolute Gasteiger partial charge is 0.336 e. The fourth-order valence-electron chi connectivity index (χ4n) is 1.21. The largest absolute Gasteiger partial charge is 0.463 e. The van der Waals surface area contributed by atoms with Gasteiger partial charge in [-0.05, 0) is 26.0 Å². The molecule has 0 aromatic heterocycles. The summed E-state index contributed by atoms with van der Waals surface area (Å²) in [5, 5.41) is 0. The maximum Gasteiger partial charge on any atom is 0.336 e. The third-order valence-corrected chi connectivity index (χ3v) is 2.08. The molecule has 98 valence electrons. The van der Waals surface area contributed by atoms with E-state index in [1.54, 1.807) is 20.8 Å². The van der Waals surface area contributed by atoms with Gasteiger partial charge in [-0.1, -0.05) is 18.2 Å². The Morgan fingerprint density at radius 1 is 1.33 bits per heavy atom. The molecule has 0 heterocycles. The summed E-state index contributed by atoms with van der Waals surface area (Å²) >= 11 is 0. The molecule has 0 amide bonds. The van der Waals surface area contributed by atoms with Crippen LogP contribution < -0.4 is 4.74 Å². The highest BCUT2D eigenvalue weighted by Gasteiger charge is 2.07. The van der Waals surface area contributed by atoms with Crippen molar-refractivity contribution in [1.82, 2.24) is 0 Å². The van der Waals surface area contributed by atoms with Gasteiger partial charge in [-0.2, -0.15) is 0 Å². The molecule has 1 aromatic rings. The van der Waals surface area contributed by atoms with Gasteiger partial charge in [0, 0.05) is 6.92 Å². The zero-order valence-electron chi connectivity index (χ0n) is 10.9. The number of esters is 1. The molecule has 0 saturated heterocycles. The van der Waals surface area contributed by atoms with E-state index in [2.05, 4.69) is 0 Å². The first-order chi connectivity index (χ1) is 8.63. The predicted molar refractivity (Wildman–Crippen MR) is 68.0 cm³/mol. The van der Waals surface area contributed by atoms with Crippen molar-refractivity contribution in [2.75, 3.05) is 6.61 Å². The van der Waals surface area contributed by atoms with E-state index in [1.165, 1.54) is 6.26 Å². The van der Waals surface area contributed by atoms with E-state index >= 15 is 0 Å². The molecule has 0 bridgehead atoms. The van der Waals surface area contributed by atoms with Crippen LogP contribution in [-0.4, -0.2) is 18.9 Å². The van der Waals surface area contributed by atoms with Gasteiger partial charge in [0.15, 0.2) is 0 Å². The topological polar surface area (TPSA) is 44.8 Å². The molecular formula is C14H18O4. The number of benzene rings is 1. The molecule has 1 rings (SSSR count). The summed E-state index contributed by atoms with van der Waals surface area (Å²) in [6.45, 7) is 5.49. The molecule has 0 aliphatic heterocycles. The molecule has 0 saturated carbocycles. The Bertz CT molecular complexity index is 398. The number of para-hydroxylation sites is 1. The quantitative estimate of drug-likeness (QED) is 0.337. The minimum Gasteiger partial charge on any atom is -0.463 e. The third-order valence-electron chi connectivity index (χ3n) is 2.08. The van der Waals surface area contributed by atoms with E-state index in [4.69, 9.17) is 14.2 Å². The summed E-state index contributed by atoms with van der Waals surface area (Å²) in [6, 6.07) is 9.33. The molecule has 4 nitrogen and oxygen atoms in total. The minimum atomic E-state index is -0.475. The highest BCUT2D eigenvalue weighted by molar-refractivity contribution is 5.87. The number of ether oxygens (including phenoxy) is 3. The van der Waals surface area contributed by atoms with Crippen LogP contribution in [0.1, 0.15) is 20.8 Å².